The van der Waals surface area contributed by atoms with Crippen molar-refractivity contribution >= 4 is 20.9 Å². The van der Waals surface area contributed by atoms with Crippen molar-refractivity contribution in [1.29, 1.82) is 0 Å². The van der Waals surface area contributed by atoms with E-state index in [4.69, 9.17) is 4.74 Å². The predicted molar refractivity (Wildman–Crippen MR) is 87.7 cm³/mol. The van der Waals surface area contributed by atoms with Crippen LogP contribution in [0, 0.1) is 0 Å². The summed E-state index contributed by atoms with van der Waals surface area (Å²) in [6, 6.07) is 0. The molecule has 0 amide bonds. The summed E-state index contributed by atoms with van der Waals surface area (Å²) < 4.78 is 8.65. The van der Waals surface area contributed by atoms with Crippen LogP contribution in [-0.2, 0) is 4.74 Å². The molecule has 0 spiro atoms. The van der Waals surface area contributed by atoms with Crippen LogP contribution in [0.3, 0.4) is 0 Å². The Bertz CT molecular complexity index is 211. The van der Waals surface area contributed by atoms with Crippen molar-refractivity contribution < 1.29 is 4.74 Å². The fraction of sp³-hybridized carbons (Fsp3) is 0.765. The molecule has 0 fully saturated rings. The molecule has 0 atom stereocenters. The molecule has 0 aromatic rings. The van der Waals surface area contributed by atoms with Gasteiger partial charge in [0.05, 0.1) is 0 Å². The van der Waals surface area contributed by atoms with Gasteiger partial charge in [-0.3, -0.25) is 0 Å². The third kappa shape index (κ3) is 18.1. The van der Waals surface area contributed by atoms with E-state index in [-0.39, 0.29) is 20.9 Å². The number of unbranched alkanes of at least 4 members (excludes halogenated alkanes) is 9. The topological polar surface area (TPSA) is 9.23 Å². The summed E-state index contributed by atoms with van der Waals surface area (Å²) >= 11 is 0.116. The van der Waals surface area contributed by atoms with Gasteiger partial charge in [0.2, 0.25) is 0 Å². The molecule has 0 unspecified atom stereocenters. The van der Waals surface area contributed by atoms with E-state index in [0.29, 0.717) is 0 Å². The van der Waals surface area contributed by atoms with Gasteiger partial charge in [-0.2, -0.15) is 0 Å². The zero-order valence-electron chi connectivity index (χ0n) is 12.9. The first-order valence-corrected chi connectivity index (χ1v) is 10.9. The van der Waals surface area contributed by atoms with E-state index >= 15 is 0 Å². The van der Waals surface area contributed by atoms with E-state index in [1.807, 2.05) is 6.08 Å². The van der Waals surface area contributed by atoms with Crippen molar-refractivity contribution in [1.82, 2.24) is 0 Å². The van der Waals surface area contributed by atoms with Gasteiger partial charge in [0.15, 0.2) is 0 Å². The second-order valence-electron chi connectivity index (χ2n) is 4.95. The minimum absolute atomic E-state index is 0.116. The van der Waals surface area contributed by atoms with Crippen LogP contribution < -0.4 is 0 Å². The summed E-state index contributed by atoms with van der Waals surface area (Å²) in [4.78, 5) is 0. The van der Waals surface area contributed by atoms with Gasteiger partial charge >= 0.3 is 131 Å². The maximum absolute atomic E-state index is 4.84. The fourth-order valence-corrected chi connectivity index (χ4v) is 3.99. The van der Waals surface area contributed by atoms with E-state index in [9.17, 15) is 0 Å². The maximum atomic E-state index is 4.84. The number of rotatable bonds is 14. The summed E-state index contributed by atoms with van der Waals surface area (Å²) in [5, 5.41) is 0. The Hall–Kier alpha value is 0.0696. The number of methoxy groups -OCH3 is 1. The molecule has 19 heavy (non-hydrogen) atoms. The normalized spacial score (nSPS) is 11.7. The van der Waals surface area contributed by atoms with Crippen molar-refractivity contribution in [3.63, 3.8) is 0 Å². The van der Waals surface area contributed by atoms with Crippen molar-refractivity contribution in [3.05, 3.63) is 22.5 Å². The first-order valence-electron chi connectivity index (χ1n) is 7.88. The van der Waals surface area contributed by atoms with Crippen LogP contribution in [0.4, 0.5) is 0 Å². The van der Waals surface area contributed by atoms with Crippen molar-refractivity contribution in [2.24, 2.45) is 0 Å². The molecule has 112 valence electrons. The Morgan fingerprint density at radius 1 is 0.789 bits per heavy atom. The molecule has 0 aromatic heterocycles. The Morgan fingerprint density at radius 3 is 1.95 bits per heavy atom. The summed E-state index contributed by atoms with van der Waals surface area (Å²) in [6.45, 7) is 2.28. The number of allylic oxidation sites excluding steroid dienone is 2. The number of ether oxygens (including phenoxy) is 1. The van der Waals surface area contributed by atoms with Gasteiger partial charge in [0.25, 0.3) is 0 Å². The number of hydrogen-bond donors (Lipinski definition) is 0. The van der Waals surface area contributed by atoms with Crippen molar-refractivity contribution in [2.75, 3.05) is 7.11 Å². The molecule has 0 saturated heterocycles. The Morgan fingerprint density at radius 2 is 1.37 bits per heavy atom. The predicted octanol–water partition coefficient (Wildman–Crippen LogP) is 5.70. The zero-order valence-corrected chi connectivity index (χ0v) is 15.2. The van der Waals surface area contributed by atoms with Crippen LogP contribution >= 0.6 is 0 Å². The SMILES string of the molecule is CCCCCCCCCCCC[Te]/C=C\C=C/OC. The molecule has 0 saturated carbocycles. The van der Waals surface area contributed by atoms with Gasteiger partial charge in [-0.05, 0) is 0 Å². The molecule has 0 radical (unpaired) electrons. The van der Waals surface area contributed by atoms with Crippen LogP contribution in [-0.4, -0.2) is 28.0 Å². The van der Waals surface area contributed by atoms with Crippen LogP contribution in [0.5, 0.6) is 0 Å². The van der Waals surface area contributed by atoms with Crippen molar-refractivity contribution in [3.8, 4) is 0 Å². The molecule has 0 N–H and O–H groups in total. The third-order valence-corrected chi connectivity index (χ3v) is 5.61. The van der Waals surface area contributed by atoms with Crippen LogP contribution in [0.25, 0.3) is 0 Å². The van der Waals surface area contributed by atoms with Gasteiger partial charge in [-0.1, -0.05) is 0 Å². The monoisotopic (exact) mass is 382 g/mol. The first-order chi connectivity index (χ1) is 9.41. The Labute approximate surface area is 131 Å². The molecule has 0 aromatic carbocycles. The van der Waals surface area contributed by atoms with E-state index in [1.165, 1.54) is 68.7 Å². The minimum atomic E-state index is 0.116. The molecular formula is C17H32OTe. The van der Waals surface area contributed by atoms with Crippen LogP contribution in [0.1, 0.15) is 71.1 Å². The standard InChI is InChI=1S/C17H32OTe/c1-3-4-5-6-7-8-9-10-11-13-16-19-17-14-12-15-18-2/h12,14-15,17H,3-11,13,16H2,1-2H3/b15-12-,17-14-. The molecule has 0 aliphatic heterocycles. The number of hydrogen-bond acceptors (Lipinski definition) is 1. The molecule has 0 heterocycles. The molecular weight excluding hydrogens is 348 g/mol. The average Bonchev–Trinajstić information content (AvgIpc) is 2.43. The zero-order chi connectivity index (χ0) is 14.0. The second-order valence-corrected chi connectivity index (χ2v) is 7.84. The first kappa shape index (κ1) is 19.1. The quantitative estimate of drug-likeness (QED) is 0.163. The molecule has 0 aliphatic rings. The van der Waals surface area contributed by atoms with Gasteiger partial charge in [-0.25, -0.2) is 0 Å². The van der Waals surface area contributed by atoms with Gasteiger partial charge < -0.3 is 0 Å². The van der Waals surface area contributed by atoms with Crippen molar-refractivity contribution in [2.45, 2.75) is 75.6 Å². The molecule has 0 rings (SSSR count). The summed E-state index contributed by atoms with van der Waals surface area (Å²) in [5.41, 5.74) is 0. The van der Waals surface area contributed by atoms with Gasteiger partial charge in [0.1, 0.15) is 0 Å². The summed E-state index contributed by atoms with van der Waals surface area (Å²) in [5.74, 6) is 0. The second kappa shape index (κ2) is 18.1. The molecule has 0 aliphatic carbocycles. The van der Waals surface area contributed by atoms with Crippen LogP contribution in [0.2, 0.25) is 4.47 Å². The van der Waals surface area contributed by atoms with Gasteiger partial charge in [0, 0.05) is 0 Å². The van der Waals surface area contributed by atoms with Crippen LogP contribution in [0.15, 0.2) is 22.5 Å². The third-order valence-electron chi connectivity index (χ3n) is 3.12. The van der Waals surface area contributed by atoms with E-state index in [2.05, 4.69) is 17.1 Å². The van der Waals surface area contributed by atoms with Gasteiger partial charge in [-0.15, -0.1) is 0 Å². The molecule has 1 nitrogen and oxygen atoms in total. The average molecular weight is 380 g/mol. The molecule has 0 bridgehead atoms. The Kier molecular flexibility index (Phi) is 18.1. The summed E-state index contributed by atoms with van der Waals surface area (Å²) in [7, 11) is 1.69. The van der Waals surface area contributed by atoms with E-state index in [0.717, 1.165) is 0 Å². The van der Waals surface area contributed by atoms with E-state index in [1.54, 1.807) is 13.4 Å². The molecule has 2 heteroatoms. The van der Waals surface area contributed by atoms with E-state index < -0.39 is 0 Å². The Balaban J connectivity index is 3.02. The fourth-order valence-electron chi connectivity index (χ4n) is 1.97. The summed E-state index contributed by atoms with van der Waals surface area (Å²) in [6.07, 6.45) is 20.2.